The zero-order valence-corrected chi connectivity index (χ0v) is 13.8. The molecule has 1 saturated heterocycles. The minimum Gasteiger partial charge on any atom is -0.494 e. The third-order valence-corrected chi connectivity index (χ3v) is 4.34. The molecule has 2 rings (SSSR count). The maximum absolute atomic E-state index is 9.51. The molecule has 2 heterocycles. The minimum atomic E-state index is -0.409. The number of rotatable bonds is 7. The second-order valence-electron chi connectivity index (χ2n) is 5.83. The Labute approximate surface area is 132 Å². The molecule has 6 heteroatoms. The maximum atomic E-state index is 9.51. The number of aliphatic imine (C=N–C) groups is 1. The van der Waals surface area contributed by atoms with Gasteiger partial charge in [-0.05, 0) is 38.3 Å². The first-order valence-electron chi connectivity index (χ1n) is 7.92. The summed E-state index contributed by atoms with van der Waals surface area (Å²) in [7, 11) is 0. The highest BCUT2D eigenvalue weighted by Gasteiger charge is 2.34. The van der Waals surface area contributed by atoms with Gasteiger partial charge in [0, 0.05) is 18.7 Å². The lowest BCUT2D eigenvalue weighted by molar-refractivity contribution is -0.165. The maximum Gasteiger partial charge on any atom is 0.200 e. The smallest absolute Gasteiger partial charge is 0.200 e. The van der Waals surface area contributed by atoms with Gasteiger partial charge in [-0.25, -0.2) is 15.4 Å². The molecular weight excluding hydrogens is 282 g/mol. The van der Waals surface area contributed by atoms with Crippen LogP contribution in [0.4, 0.5) is 0 Å². The van der Waals surface area contributed by atoms with Crippen molar-refractivity contribution in [1.82, 2.24) is 10.4 Å². The highest BCUT2D eigenvalue weighted by atomic mass is 16.7. The molecule has 0 aliphatic carbocycles. The standard InChI is InChI=1S/C16H27N3O3/c1-5-16(21-10-11-22-16)8-6-12(2)13(3)18-15-7-9-17-19(15)14(4)20/h7,12,17,20H,4-6,8-11H2,1-3H3/b18-13+. The van der Waals surface area contributed by atoms with Crippen LogP contribution >= 0.6 is 0 Å². The highest BCUT2D eigenvalue weighted by molar-refractivity contribution is 5.84. The van der Waals surface area contributed by atoms with E-state index in [9.17, 15) is 5.11 Å². The lowest BCUT2D eigenvalue weighted by Crippen LogP contribution is -2.31. The zero-order valence-electron chi connectivity index (χ0n) is 13.8. The monoisotopic (exact) mass is 309 g/mol. The summed E-state index contributed by atoms with van der Waals surface area (Å²) in [6, 6.07) is 0. The molecule has 124 valence electrons. The van der Waals surface area contributed by atoms with Crippen molar-refractivity contribution in [3.05, 3.63) is 24.4 Å². The summed E-state index contributed by atoms with van der Waals surface area (Å²) in [5, 5.41) is 11.0. The van der Waals surface area contributed by atoms with E-state index in [0.717, 1.165) is 25.0 Å². The third kappa shape index (κ3) is 3.88. The summed E-state index contributed by atoms with van der Waals surface area (Å²) < 4.78 is 11.5. The number of ether oxygens (including phenoxy) is 2. The van der Waals surface area contributed by atoms with E-state index in [0.29, 0.717) is 31.5 Å². The van der Waals surface area contributed by atoms with E-state index in [1.165, 1.54) is 5.01 Å². The summed E-state index contributed by atoms with van der Waals surface area (Å²) in [5.74, 6) is 0.543. The van der Waals surface area contributed by atoms with Crippen LogP contribution in [0, 0.1) is 5.92 Å². The minimum absolute atomic E-state index is 0.0503. The molecule has 0 spiro atoms. The van der Waals surface area contributed by atoms with Crippen LogP contribution in [-0.4, -0.2) is 41.4 Å². The average molecular weight is 309 g/mol. The summed E-state index contributed by atoms with van der Waals surface area (Å²) in [5.41, 5.74) is 4.01. The highest BCUT2D eigenvalue weighted by Crippen LogP contribution is 2.30. The van der Waals surface area contributed by atoms with E-state index in [1.54, 1.807) is 0 Å². The topological polar surface area (TPSA) is 66.3 Å². The van der Waals surface area contributed by atoms with Gasteiger partial charge in [-0.3, -0.25) is 0 Å². The largest absolute Gasteiger partial charge is 0.494 e. The van der Waals surface area contributed by atoms with E-state index < -0.39 is 5.79 Å². The SMILES string of the molecule is C=C(O)N1NCC=C1/N=C(\C)C(C)CCC1(CC)OCCO1. The van der Waals surface area contributed by atoms with Gasteiger partial charge in [-0.15, -0.1) is 0 Å². The van der Waals surface area contributed by atoms with Gasteiger partial charge < -0.3 is 14.6 Å². The molecule has 1 fully saturated rings. The van der Waals surface area contributed by atoms with Crippen molar-refractivity contribution < 1.29 is 14.6 Å². The van der Waals surface area contributed by atoms with Gasteiger partial charge in [-0.2, -0.15) is 0 Å². The lowest BCUT2D eigenvalue weighted by Gasteiger charge is -2.27. The molecule has 2 aliphatic heterocycles. The van der Waals surface area contributed by atoms with Crippen LogP contribution in [0.3, 0.4) is 0 Å². The summed E-state index contributed by atoms with van der Waals surface area (Å²) in [4.78, 5) is 4.61. The Morgan fingerprint density at radius 1 is 1.55 bits per heavy atom. The fourth-order valence-electron chi connectivity index (χ4n) is 2.68. The molecule has 0 amide bonds. The molecule has 22 heavy (non-hydrogen) atoms. The van der Waals surface area contributed by atoms with Gasteiger partial charge >= 0.3 is 0 Å². The Hall–Kier alpha value is -1.37. The fraction of sp³-hybridized carbons (Fsp3) is 0.688. The lowest BCUT2D eigenvalue weighted by atomic mass is 9.96. The Kier molecular flexibility index (Phi) is 5.61. The van der Waals surface area contributed by atoms with Crippen LogP contribution in [0.5, 0.6) is 0 Å². The molecule has 0 aromatic carbocycles. The molecule has 0 saturated carbocycles. The molecule has 0 aromatic rings. The number of hydrazine groups is 1. The quantitative estimate of drug-likeness (QED) is 0.559. The molecule has 1 unspecified atom stereocenters. The predicted octanol–water partition coefficient (Wildman–Crippen LogP) is 2.71. The summed E-state index contributed by atoms with van der Waals surface area (Å²) in [6.07, 6.45) is 4.60. The van der Waals surface area contributed by atoms with Crippen molar-refractivity contribution in [3.8, 4) is 0 Å². The van der Waals surface area contributed by atoms with Crippen molar-refractivity contribution in [1.29, 1.82) is 0 Å². The van der Waals surface area contributed by atoms with Crippen LogP contribution in [0.25, 0.3) is 0 Å². The van der Waals surface area contributed by atoms with Gasteiger partial charge in [0.1, 0.15) is 5.82 Å². The van der Waals surface area contributed by atoms with Gasteiger partial charge in [0.25, 0.3) is 0 Å². The number of hydrogen-bond donors (Lipinski definition) is 2. The number of nitrogens with one attached hydrogen (secondary N) is 1. The Bertz CT molecular complexity index is 467. The van der Waals surface area contributed by atoms with Gasteiger partial charge in [0.2, 0.25) is 0 Å². The third-order valence-electron chi connectivity index (χ3n) is 4.34. The van der Waals surface area contributed by atoms with E-state index in [4.69, 9.17) is 9.47 Å². The van der Waals surface area contributed by atoms with E-state index in [1.807, 2.05) is 13.0 Å². The second-order valence-corrected chi connectivity index (χ2v) is 5.83. The molecule has 0 aromatic heterocycles. The number of nitrogens with zero attached hydrogens (tertiary/aromatic N) is 2. The van der Waals surface area contributed by atoms with Crippen LogP contribution in [0.2, 0.25) is 0 Å². The van der Waals surface area contributed by atoms with Gasteiger partial charge in [0.05, 0.1) is 13.2 Å². The molecule has 0 bridgehead atoms. The molecule has 2 N–H and O–H groups in total. The van der Waals surface area contributed by atoms with E-state index in [2.05, 4.69) is 30.8 Å². The predicted molar refractivity (Wildman–Crippen MR) is 86.1 cm³/mol. The Morgan fingerprint density at radius 3 is 2.82 bits per heavy atom. The average Bonchev–Trinajstić information content (AvgIpc) is 3.14. The van der Waals surface area contributed by atoms with Crippen molar-refractivity contribution in [3.63, 3.8) is 0 Å². The second kappa shape index (κ2) is 7.26. The number of aliphatic hydroxyl groups excluding tert-OH is 1. The normalized spacial score (nSPS) is 22.8. The summed E-state index contributed by atoms with van der Waals surface area (Å²) >= 11 is 0. The van der Waals surface area contributed by atoms with Gasteiger partial charge in [-0.1, -0.05) is 13.8 Å². The molecule has 1 atom stereocenters. The molecular formula is C16H27N3O3. The molecule has 0 radical (unpaired) electrons. The first-order chi connectivity index (χ1) is 10.5. The molecule has 2 aliphatic rings. The summed E-state index contributed by atoms with van der Waals surface area (Å²) in [6.45, 7) is 11.8. The van der Waals surface area contributed by atoms with Crippen LogP contribution in [0.1, 0.15) is 40.0 Å². The van der Waals surface area contributed by atoms with Crippen molar-refractivity contribution in [2.45, 2.75) is 45.8 Å². The number of aliphatic hydroxyl groups is 1. The van der Waals surface area contributed by atoms with Crippen molar-refractivity contribution in [2.24, 2.45) is 10.9 Å². The van der Waals surface area contributed by atoms with E-state index >= 15 is 0 Å². The van der Waals surface area contributed by atoms with Crippen molar-refractivity contribution in [2.75, 3.05) is 19.8 Å². The first-order valence-corrected chi connectivity index (χ1v) is 7.92. The zero-order chi connectivity index (χ0) is 16.2. The van der Waals surface area contributed by atoms with Crippen molar-refractivity contribution >= 4 is 5.71 Å². The van der Waals surface area contributed by atoms with Crippen LogP contribution in [-0.2, 0) is 9.47 Å². The Balaban J connectivity index is 1.93. The van der Waals surface area contributed by atoms with Gasteiger partial charge in [0.15, 0.2) is 11.7 Å². The van der Waals surface area contributed by atoms with E-state index in [-0.39, 0.29) is 5.88 Å². The fourth-order valence-corrected chi connectivity index (χ4v) is 2.68. The first kappa shape index (κ1) is 17.0. The van der Waals surface area contributed by atoms with Crippen LogP contribution < -0.4 is 5.43 Å². The van der Waals surface area contributed by atoms with Crippen LogP contribution in [0.15, 0.2) is 29.4 Å². The molecule has 6 nitrogen and oxygen atoms in total. The number of hydrogen-bond acceptors (Lipinski definition) is 6. The Morgan fingerprint density at radius 2 is 2.23 bits per heavy atom.